The molecule has 0 bridgehead atoms. The Labute approximate surface area is 166 Å². The van der Waals surface area contributed by atoms with Crippen LogP contribution in [0.1, 0.15) is 26.3 Å². The molecule has 0 saturated carbocycles. The van der Waals surface area contributed by atoms with Gasteiger partial charge in [-0.05, 0) is 37.1 Å². The van der Waals surface area contributed by atoms with Crippen LogP contribution in [0.15, 0.2) is 53.1 Å². The number of carbonyl (C=O) groups is 1. The summed E-state index contributed by atoms with van der Waals surface area (Å²) in [7, 11) is 0. The first-order chi connectivity index (χ1) is 13.0. The van der Waals surface area contributed by atoms with Crippen molar-refractivity contribution in [2.45, 2.75) is 32.6 Å². The third kappa shape index (κ3) is 4.85. The lowest BCUT2D eigenvalue weighted by molar-refractivity contribution is -0.128. The van der Waals surface area contributed by atoms with Crippen LogP contribution in [0.2, 0.25) is 0 Å². The van der Waals surface area contributed by atoms with Gasteiger partial charge >= 0.3 is 0 Å². The van der Waals surface area contributed by atoms with Gasteiger partial charge in [0.1, 0.15) is 0 Å². The molecule has 2 aromatic rings. The molecule has 27 heavy (non-hydrogen) atoms. The van der Waals surface area contributed by atoms with Crippen LogP contribution in [-0.2, 0) is 10.5 Å². The maximum atomic E-state index is 13.0. The van der Waals surface area contributed by atoms with Crippen molar-refractivity contribution in [2.75, 3.05) is 26.2 Å². The first-order valence-corrected chi connectivity index (χ1v) is 10.5. The van der Waals surface area contributed by atoms with Crippen LogP contribution in [0.25, 0.3) is 10.8 Å². The van der Waals surface area contributed by atoms with Crippen molar-refractivity contribution in [2.24, 2.45) is 5.73 Å². The van der Waals surface area contributed by atoms with Gasteiger partial charge in [0.05, 0.1) is 4.91 Å². The molecule has 0 atom stereocenters. The summed E-state index contributed by atoms with van der Waals surface area (Å²) in [5.41, 5.74) is 7.89. The number of hydrogen-bond acceptors (Lipinski definition) is 4. The highest BCUT2D eigenvalue weighted by molar-refractivity contribution is 8.03. The smallest absolute Gasteiger partial charge is 0.262 e. The predicted molar refractivity (Wildman–Crippen MR) is 115 cm³/mol. The lowest BCUT2D eigenvalue weighted by Crippen LogP contribution is -2.51. The van der Waals surface area contributed by atoms with Gasteiger partial charge in [-0.25, -0.2) is 0 Å². The average molecular weight is 384 g/mol. The summed E-state index contributed by atoms with van der Waals surface area (Å²) in [6.45, 7) is 9.61. The number of benzene rings is 2. The van der Waals surface area contributed by atoms with Crippen molar-refractivity contribution in [3.8, 4) is 0 Å². The zero-order valence-corrected chi connectivity index (χ0v) is 17.3. The normalized spacial score (nSPS) is 16.7. The minimum absolute atomic E-state index is 0.0733. The number of amides is 1. The quantitative estimate of drug-likeness (QED) is 0.798. The molecule has 2 N–H and O–H groups in total. The Morgan fingerprint density at radius 1 is 1.07 bits per heavy atom. The summed E-state index contributed by atoms with van der Waals surface area (Å²) in [6.07, 6.45) is 0. The Hall–Kier alpha value is -1.98. The van der Waals surface area contributed by atoms with E-state index in [1.165, 1.54) is 16.3 Å². The number of fused-ring (bicyclic) bond motifs is 1. The van der Waals surface area contributed by atoms with E-state index in [9.17, 15) is 4.79 Å². The van der Waals surface area contributed by atoms with Gasteiger partial charge in [0.2, 0.25) is 0 Å². The van der Waals surface area contributed by atoms with Crippen molar-refractivity contribution < 1.29 is 4.79 Å². The fraction of sp³-hybridized carbons (Fsp3) is 0.409. The molecule has 0 aromatic heterocycles. The topological polar surface area (TPSA) is 49.6 Å². The second-order valence-electron chi connectivity index (χ2n) is 7.40. The summed E-state index contributed by atoms with van der Waals surface area (Å²) in [4.78, 5) is 18.0. The van der Waals surface area contributed by atoms with E-state index in [1.54, 1.807) is 11.8 Å². The van der Waals surface area contributed by atoms with Gasteiger partial charge in [0.15, 0.2) is 0 Å². The van der Waals surface area contributed by atoms with E-state index < -0.39 is 0 Å². The summed E-state index contributed by atoms with van der Waals surface area (Å²) in [6, 6.07) is 15.3. The van der Waals surface area contributed by atoms with Gasteiger partial charge in [0, 0.05) is 43.7 Å². The SMILES string of the molecule is C/C(N)=C(/SCc1ccc2ccccc2c1)C(=O)N1CCN(C(C)C)CC1. The second-order valence-corrected chi connectivity index (χ2v) is 8.39. The minimum atomic E-state index is 0.0733. The molecule has 0 spiro atoms. The number of rotatable bonds is 5. The summed E-state index contributed by atoms with van der Waals surface area (Å²) >= 11 is 1.55. The van der Waals surface area contributed by atoms with Gasteiger partial charge in [0.25, 0.3) is 5.91 Å². The number of hydrogen-bond donors (Lipinski definition) is 1. The third-order valence-corrected chi connectivity index (χ3v) is 6.34. The van der Waals surface area contributed by atoms with Gasteiger partial charge in [-0.1, -0.05) is 42.5 Å². The molecule has 144 valence electrons. The second kappa shape index (κ2) is 8.81. The van der Waals surface area contributed by atoms with E-state index in [1.807, 2.05) is 17.9 Å². The molecule has 1 amide bonds. The van der Waals surface area contributed by atoms with E-state index in [2.05, 4.69) is 55.1 Å². The molecule has 1 aliphatic heterocycles. The van der Waals surface area contributed by atoms with Crippen LogP contribution >= 0.6 is 11.8 Å². The Morgan fingerprint density at radius 2 is 1.74 bits per heavy atom. The molecule has 1 aliphatic rings. The van der Waals surface area contributed by atoms with Crippen molar-refractivity contribution in [3.05, 3.63) is 58.6 Å². The minimum Gasteiger partial charge on any atom is -0.401 e. The first kappa shape index (κ1) is 19.8. The monoisotopic (exact) mass is 383 g/mol. The Morgan fingerprint density at radius 3 is 2.37 bits per heavy atom. The molecule has 0 aliphatic carbocycles. The van der Waals surface area contributed by atoms with Crippen molar-refractivity contribution in [3.63, 3.8) is 0 Å². The largest absolute Gasteiger partial charge is 0.401 e. The van der Waals surface area contributed by atoms with Crippen molar-refractivity contribution >= 4 is 28.4 Å². The molecule has 0 unspecified atom stereocenters. The lowest BCUT2D eigenvalue weighted by Gasteiger charge is -2.37. The van der Waals surface area contributed by atoms with Gasteiger partial charge in [-0.15, -0.1) is 11.8 Å². The van der Waals surface area contributed by atoms with E-state index in [0.717, 1.165) is 31.9 Å². The van der Waals surface area contributed by atoms with Crippen molar-refractivity contribution in [1.29, 1.82) is 0 Å². The predicted octanol–water partition coefficient (Wildman–Crippen LogP) is 3.82. The Bertz CT molecular complexity index is 834. The molecular formula is C22H29N3OS. The van der Waals surface area contributed by atoms with E-state index in [-0.39, 0.29) is 5.91 Å². The number of piperazine rings is 1. The van der Waals surface area contributed by atoms with Crippen LogP contribution < -0.4 is 5.73 Å². The highest BCUT2D eigenvalue weighted by Crippen LogP contribution is 2.27. The molecule has 1 heterocycles. The molecule has 5 heteroatoms. The van der Waals surface area contributed by atoms with Crippen molar-refractivity contribution in [1.82, 2.24) is 9.80 Å². The number of carbonyl (C=O) groups excluding carboxylic acids is 1. The Balaban J connectivity index is 1.65. The standard InChI is InChI=1S/C22H29N3OS/c1-16(2)24-10-12-25(13-11-24)22(26)21(17(3)23)27-15-18-8-9-19-6-4-5-7-20(19)14-18/h4-9,14,16H,10-13,15,23H2,1-3H3/b21-17-. The molecule has 4 nitrogen and oxygen atoms in total. The lowest BCUT2D eigenvalue weighted by atomic mass is 10.1. The highest BCUT2D eigenvalue weighted by Gasteiger charge is 2.25. The van der Waals surface area contributed by atoms with E-state index in [4.69, 9.17) is 5.73 Å². The third-order valence-electron chi connectivity index (χ3n) is 5.08. The molecular weight excluding hydrogens is 354 g/mol. The molecule has 3 rings (SSSR count). The van der Waals surface area contributed by atoms with Gasteiger partial charge in [-0.2, -0.15) is 0 Å². The summed E-state index contributed by atoms with van der Waals surface area (Å²) < 4.78 is 0. The summed E-state index contributed by atoms with van der Waals surface area (Å²) in [5, 5.41) is 2.46. The van der Waals surface area contributed by atoms with Gasteiger partial charge < -0.3 is 10.6 Å². The van der Waals surface area contributed by atoms with E-state index in [0.29, 0.717) is 16.6 Å². The summed E-state index contributed by atoms with van der Waals surface area (Å²) in [5.74, 6) is 0.816. The van der Waals surface area contributed by atoms with Crippen LogP contribution in [0.4, 0.5) is 0 Å². The maximum absolute atomic E-state index is 13.0. The fourth-order valence-corrected chi connectivity index (χ4v) is 4.38. The zero-order valence-electron chi connectivity index (χ0n) is 16.4. The number of nitrogens with two attached hydrogens (primary N) is 1. The average Bonchev–Trinajstić information content (AvgIpc) is 2.67. The van der Waals surface area contributed by atoms with Crippen LogP contribution in [0.5, 0.6) is 0 Å². The zero-order chi connectivity index (χ0) is 19.4. The number of thioether (sulfide) groups is 1. The Kier molecular flexibility index (Phi) is 6.45. The number of nitrogens with zero attached hydrogens (tertiary/aromatic N) is 2. The van der Waals surface area contributed by atoms with Crippen LogP contribution in [-0.4, -0.2) is 47.9 Å². The molecule has 1 saturated heterocycles. The number of allylic oxidation sites excluding steroid dienone is 1. The fourth-order valence-electron chi connectivity index (χ4n) is 3.41. The first-order valence-electron chi connectivity index (χ1n) is 9.56. The van der Waals surface area contributed by atoms with Crippen LogP contribution in [0, 0.1) is 0 Å². The van der Waals surface area contributed by atoms with E-state index >= 15 is 0 Å². The highest BCUT2D eigenvalue weighted by atomic mass is 32.2. The molecule has 2 aromatic carbocycles. The van der Waals surface area contributed by atoms with Crippen LogP contribution in [0.3, 0.4) is 0 Å². The van der Waals surface area contributed by atoms with Gasteiger partial charge in [-0.3, -0.25) is 9.69 Å². The molecule has 1 fully saturated rings. The molecule has 0 radical (unpaired) electrons. The maximum Gasteiger partial charge on any atom is 0.262 e.